The van der Waals surface area contributed by atoms with Gasteiger partial charge in [-0.05, 0) is 48.5 Å². The Morgan fingerprint density at radius 2 is 0.975 bits per heavy atom. The lowest BCUT2D eigenvalue weighted by Crippen LogP contribution is -2.31. The van der Waals surface area contributed by atoms with Gasteiger partial charge < -0.3 is 23.6 Å². The Kier molecular flexibility index (Phi) is 8.16. The fourth-order valence-corrected chi connectivity index (χ4v) is 5.53. The molecule has 11 nitrogen and oxygen atoms in total. The van der Waals surface area contributed by atoms with Gasteiger partial charge in [-0.1, -0.05) is 24.3 Å². The molecule has 4 aromatic rings. The number of methoxy groups -OCH3 is 2. The van der Waals surface area contributed by atoms with Crippen LogP contribution in [0.2, 0.25) is 0 Å². The average molecular weight is 585 g/mol. The molecular weight excluding hydrogens is 560 g/mol. The number of hydrogen-bond acceptors (Lipinski definition) is 9. The highest BCUT2D eigenvalue weighted by molar-refractivity contribution is 7.87. The summed E-state index contributed by atoms with van der Waals surface area (Å²) < 4.78 is 72.0. The van der Waals surface area contributed by atoms with Crippen LogP contribution < -0.4 is 28.5 Å². The van der Waals surface area contributed by atoms with E-state index < -0.39 is 26.3 Å². The topological polar surface area (TPSA) is 152 Å². The van der Waals surface area contributed by atoms with Crippen LogP contribution >= 0.6 is 0 Å². The van der Waals surface area contributed by atoms with Crippen LogP contribution in [0.3, 0.4) is 0 Å². The highest BCUT2D eigenvalue weighted by atomic mass is 32.2. The van der Waals surface area contributed by atoms with Crippen molar-refractivity contribution in [2.45, 2.75) is 9.79 Å². The van der Waals surface area contributed by atoms with Crippen molar-refractivity contribution in [3.63, 3.8) is 0 Å². The Hall–Kier alpha value is -4.75. The van der Waals surface area contributed by atoms with E-state index in [1.54, 1.807) is 12.1 Å². The fraction of sp³-hybridized carbons (Fsp3) is 0.0741. The molecule has 2 N–H and O–H groups in total. The van der Waals surface area contributed by atoms with Crippen LogP contribution in [-0.2, 0) is 20.2 Å². The van der Waals surface area contributed by atoms with Crippen molar-refractivity contribution in [3.05, 3.63) is 97.1 Å². The first-order valence-electron chi connectivity index (χ1n) is 11.5. The van der Waals surface area contributed by atoms with Gasteiger partial charge >= 0.3 is 26.3 Å². The van der Waals surface area contributed by atoms with Crippen molar-refractivity contribution in [2.24, 2.45) is 5.73 Å². The fourth-order valence-electron chi connectivity index (χ4n) is 3.62. The molecule has 0 fully saturated rings. The number of rotatable bonds is 10. The summed E-state index contributed by atoms with van der Waals surface area (Å²) in [7, 11) is -5.67. The Morgan fingerprint density at radius 1 is 0.600 bits per heavy atom. The molecule has 13 heteroatoms. The smallest absolute Gasteiger partial charge is 0.339 e. The van der Waals surface area contributed by atoms with Gasteiger partial charge in [0.2, 0.25) is 0 Å². The summed E-state index contributed by atoms with van der Waals surface area (Å²) in [4.78, 5) is 13.3. The van der Waals surface area contributed by atoms with Crippen LogP contribution in [0.25, 0.3) is 0 Å². The van der Waals surface area contributed by atoms with Crippen molar-refractivity contribution in [2.75, 3.05) is 19.1 Å². The number of amides is 2. The van der Waals surface area contributed by atoms with E-state index in [0.29, 0.717) is 11.5 Å². The standard InChI is InChI=1S/C27H24N2O9S2/c1-35-21-9-5-13-25(17-21)39(31,32)37-23-11-3-7-19(15-23)29(27(28)30)20-8-4-12-24(16-20)38-40(33,34)26-14-6-10-22(18-26)36-2/h3-18H,1-2H3,(H2,28,30). The molecule has 40 heavy (non-hydrogen) atoms. The lowest BCUT2D eigenvalue weighted by Gasteiger charge is -2.22. The van der Waals surface area contributed by atoms with Crippen LogP contribution in [0, 0.1) is 0 Å². The molecule has 4 rings (SSSR count). The second kappa shape index (κ2) is 11.6. The maximum absolute atomic E-state index is 12.8. The van der Waals surface area contributed by atoms with Crippen LogP contribution in [0.15, 0.2) is 107 Å². The number of hydrogen-bond donors (Lipinski definition) is 1. The lowest BCUT2D eigenvalue weighted by atomic mass is 10.2. The number of urea groups is 1. The molecule has 0 unspecified atom stereocenters. The molecule has 0 radical (unpaired) electrons. The minimum Gasteiger partial charge on any atom is -0.497 e. The predicted molar refractivity (Wildman–Crippen MR) is 146 cm³/mol. The van der Waals surface area contributed by atoms with Gasteiger partial charge in [0.05, 0.1) is 25.6 Å². The van der Waals surface area contributed by atoms with Gasteiger partial charge in [-0.3, -0.25) is 4.90 Å². The molecule has 2 amide bonds. The molecule has 0 spiro atoms. The molecule has 4 aromatic carbocycles. The summed E-state index contributed by atoms with van der Waals surface area (Å²) in [5.41, 5.74) is 5.95. The minimum atomic E-state index is -4.24. The number of anilines is 2. The zero-order valence-corrected chi connectivity index (χ0v) is 22.9. The van der Waals surface area contributed by atoms with Crippen molar-refractivity contribution >= 4 is 37.6 Å². The molecule has 0 atom stereocenters. The molecule has 0 bridgehead atoms. The first kappa shape index (κ1) is 28.3. The molecule has 0 saturated heterocycles. The molecule has 0 heterocycles. The zero-order valence-electron chi connectivity index (χ0n) is 21.3. The monoisotopic (exact) mass is 584 g/mol. The maximum atomic E-state index is 12.8. The van der Waals surface area contributed by atoms with Gasteiger partial charge in [-0.2, -0.15) is 16.8 Å². The zero-order chi connectivity index (χ0) is 28.9. The number of nitrogens with zero attached hydrogens (tertiary/aromatic N) is 1. The molecule has 0 aliphatic carbocycles. The van der Waals surface area contributed by atoms with E-state index in [1.165, 1.54) is 99.1 Å². The Bertz CT molecular complexity index is 1630. The SMILES string of the molecule is COc1cccc(S(=O)(=O)Oc2cccc(N(C(N)=O)c3cccc(OS(=O)(=O)c4cccc(OC)c4)c3)c2)c1. The van der Waals surface area contributed by atoms with Crippen LogP contribution in [0.5, 0.6) is 23.0 Å². The first-order chi connectivity index (χ1) is 19.0. The van der Waals surface area contributed by atoms with Gasteiger partial charge in [-0.15, -0.1) is 0 Å². The third-order valence-corrected chi connectivity index (χ3v) is 7.93. The molecule has 0 aliphatic heterocycles. The molecular formula is C27H24N2O9S2. The molecule has 0 saturated carbocycles. The third kappa shape index (κ3) is 6.45. The molecule has 0 aromatic heterocycles. The van der Waals surface area contributed by atoms with Crippen molar-refractivity contribution in [1.82, 2.24) is 0 Å². The van der Waals surface area contributed by atoms with Crippen LogP contribution in [0.4, 0.5) is 16.2 Å². The number of primary amides is 1. The second-order valence-electron chi connectivity index (χ2n) is 8.10. The summed E-state index contributed by atoms with van der Waals surface area (Å²) in [6, 6.07) is 21.9. The van der Waals surface area contributed by atoms with Crippen molar-refractivity contribution < 1.29 is 39.5 Å². The van der Waals surface area contributed by atoms with E-state index in [0.717, 1.165) is 4.90 Å². The average Bonchev–Trinajstić information content (AvgIpc) is 2.93. The van der Waals surface area contributed by atoms with E-state index in [4.69, 9.17) is 23.6 Å². The number of nitrogens with two attached hydrogens (primary N) is 1. The number of ether oxygens (including phenoxy) is 2. The van der Waals surface area contributed by atoms with Crippen molar-refractivity contribution in [1.29, 1.82) is 0 Å². The maximum Gasteiger partial charge on any atom is 0.339 e. The summed E-state index contributed by atoms with van der Waals surface area (Å²) in [5.74, 6) is 0.460. The predicted octanol–water partition coefficient (Wildman–Crippen LogP) is 4.46. The van der Waals surface area contributed by atoms with E-state index in [1.807, 2.05) is 0 Å². The van der Waals surface area contributed by atoms with Gasteiger partial charge in [-0.25, -0.2) is 4.79 Å². The number of carbonyl (C=O) groups excluding carboxylic acids is 1. The highest BCUT2D eigenvalue weighted by Gasteiger charge is 2.22. The molecule has 0 aliphatic rings. The van der Waals surface area contributed by atoms with E-state index in [-0.39, 0.29) is 32.7 Å². The summed E-state index contributed by atoms with van der Waals surface area (Å²) in [5, 5.41) is 0. The van der Waals surface area contributed by atoms with Crippen molar-refractivity contribution in [3.8, 4) is 23.0 Å². The highest BCUT2D eigenvalue weighted by Crippen LogP contribution is 2.33. The van der Waals surface area contributed by atoms with Gasteiger partial charge in [0.15, 0.2) is 0 Å². The normalized spacial score (nSPS) is 11.3. The van der Waals surface area contributed by atoms with E-state index >= 15 is 0 Å². The van der Waals surface area contributed by atoms with Gasteiger partial charge in [0.1, 0.15) is 32.8 Å². The first-order valence-corrected chi connectivity index (χ1v) is 14.3. The van der Waals surface area contributed by atoms with Crippen LogP contribution in [0.1, 0.15) is 0 Å². The Balaban J connectivity index is 1.63. The Morgan fingerprint density at radius 3 is 1.35 bits per heavy atom. The summed E-state index contributed by atoms with van der Waals surface area (Å²) in [6.45, 7) is 0. The van der Waals surface area contributed by atoms with E-state index in [2.05, 4.69) is 0 Å². The van der Waals surface area contributed by atoms with E-state index in [9.17, 15) is 21.6 Å². The summed E-state index contributed by atoms with van der Waals surface area (Å²) >= 11 is 0. The largest absolute Gasteiger partial charge is 0.497 e. The minimum absolute atomic E-state index is 0.0976. The third-order valence-electron chi connectivity index (χ3n) is 5.44. The molecule has 208 valence electrons. The second-order valence-corrected chi connectivity index (χ2v) is 11.2. The number of benzene rings is 4. The van der Waals surface area contributed by atoms with Gasteiger partial charge in [0.25, 0.3) is 0 Å². The number of carbonyl (C=O) groups is 1. The lowest BCUT2D eigenvalue weighted by molar-refractivity contribution is 0.256. The Labute approximate surface area is 231 Å². The van der Waals surface area contributed by atoms with Crippen LogP contribution in [-0.4, -0.2) is 37.1 Å². The quantitative estimate of drug-likeness (QED) is 0.266. The summed E-state index contributed by atoms with van der Waals surface area (Å²) in [6.07, 6.45) is 0. The van der Waals surface area contributed by atoms with Gasteiger partial charge in [0, 0.05) is 24.3 Å².